The number of amides is 1. The van der Waals surface area contributed by atoms with Gasteiger partial charge in [-0.1, -0.05) is 0 Å². The number of benzene rings is 1. The van der Waals surface area contributed by atoms with Crippen molar-refractivity contribution in [2.45, 2.75) is 39.2 Å². The van der Waals surface area contributed by atoms with Crippen LogP contribution in [-0.4, -0.2) is 20.7 Å². The molecule has 0 saturated heterocycles. The number of hydrogen-bond donors (Lipinski definition) is 1. The molecule has 1 aliphatic rings. The Morgan fingerprint density at radius 3 is 2.57 bits per heavy atom. The first-order valence-electron chi connectivity index (χ1n) is 8.84. The second kappa shape index (κ2) is 7.18. The van der Waals surface area contributed by atoms with Gasteiger partial charge < -0.3 is 15.0 Å². The van der Waals surface area contributed by atoms with E-state index in [9.17, 15) is 13.6 Å². The van der Waals surface area contributed by atoms with Crippen LogP contribution in [0, 0.1) is 5.82 Å². The van der Waals surface area contributed by atoms with Gasteiger partial charge in [-0.05, 0) is 50.6 Å². The van der Waals surface area contributed by atoms with Gasteiger partial charge in [-0.25, -0.2) is 8.78 Å². The fraction of sp³-hybridized carbons (Fsp3) is 0.350. The topological polar surface area (TPSA) is 83.0 Å². The summed E-state index contributed by atoms with van der Waals surface area (Å²) in [5.41, 5.74) is 5.31. The Labute approximate surface area is 161 Å². The number of allylic oxidation sites excluding steroid dienone is 4. The van der Waals surface area contributed by atoms with Gasteiger partial charge in [-0.15, -0.1) is 10.2 Å². The number of nitrogens with two attached hydrogens (primary N) is 1. The van der Waals surface area contributed by atoms with E-state index in [0.717, 1.165) is 11.6 Å². The highest BCUT2D eigenvalue weighted by Gasteiger charge is 2.32. The molecule has 148 valence electrons. The lowest BCUT2D eigenvalue weighted by molar-refractivity contribution is 0.0142. The molecule has 1 aromatic carbocycles. The molecule has 3 rings (SSSR count). The monoisotopic (exact) mass is 388 g/mol. The zero-order valence-electron chi connectivity index (χ0n) is 16.2. The van der Waals surface area contributed by atoms with Crippen LogP contribution in [0.5, 0.6) is 0 Å². The summed E-state index contributed by atoms with van der Waals surface area (Å²) in [6, 6.07) is 3.96. The number of nitrogens with zero attached hydrogens (tertiary/aromatic N) is 3. The molecule has 0 saturated carbocycles. The standard InChI is InChI=1S/C20H22F2N4O2/c1-11-9-13(21)6-8-16(11)28-20(2,3)19-25-24-18(26(19)4)14-7-5-12(17(23)27)10-15(14)22/h5,7,9-10H,6,8H2,1-4H3,(H2,23,27). The molecule has 1 amide bonds. The molecule has 1 heterocycles. The zero-order valence-corrected chi connectivity index (χ0v) is 16.2. The van der Waals surface area contributed by atoms with Crippen LogP contribution in [0.2, 0.25) is 0 Å². The van der Waals surface area contributed by atoms with Crippen molar-refractivity contribution in [3.8, 4) is 11.4 Å². The number of ether oxygens (including phenoxy) is 1. The van der Waals surface area contributed by atoms with E-state index in [1.165, 1.54) is 18.2 Å². The van der Waals surface area contributed by atoms with E-state index in [2.05, 4.69) is 10.2 Å². The van der Waals surface area contributed by atoms with Crippen LogP contribution in [-0.2, 0) is 17.4 Å². The minimum absolute atomic E-state index is 0.0762. The van der Waals surface area contributed by atoms with Crippen molar-refractivity contribution in [2.24, 2.45) is 12.8 Å². The highest BCUT2D eigenvalue weighted by atomic mass is 19.1. The smallest absolute Gasteiger partial charge is 0.248 e. The molecule has 0 atom stereocenters. The van der Waals surface area contributed by atoms with Crippen molar-refractivity contribution in [1.29, 1.82) is 0 Å². The molecule has 1 aliphatic carbocycles. The molecule has 28 heavy (non-hydrogen) atoms. The Balaban J connectivity index is 1.94. The first-order chi connectivity index (χ1) is 13.1. The van der Waals surface area contributed by atoms with Gasteiger partial charge in [0.1, 0.15) is 17.4 Å². The van der Waals surface area contributed by atoms with Crippen molar-refractivity contribution in [2.75, 3.05) is 0 Å². The highest BCUT2D eigenvalue weighted by Crippen LogP contribution is 2.34. The molecule has 6 nitrogen and oxygen atoms in total. The van der Waals surface area contributed by atoms with Crippen LogP contribution >= 0.6 is 0 Å². The summed E-state index contributed by atoms with van der Waals surface area (Å²) in [5.74, 6) is -0.0353. The maximum atomic E-state index is 14.5. The summed E-state index contributed by atoms with van der Waals surface area (Å²) in [6.07, 6.45) is 2.22. The molecule has 0 radical (unpaired) electrons. The molecule has 0 fully saturated rings. The molecular weight excluding hydrogens is 366 g/mol. The summed E-state index contributed by atoms with van der Waals surface area (Å²) in [6.45, 7) is 5.44. The van der Waals surface area contributed by atoms with Crippen LogP contribution in [0.15, 0.2) is 41.4 Å². The predicted molar refractivity (Wildman–Crippen MR) is 100 cm³/mol. The Kier molecular flexibility index (Phi) is 5.06. The first-order valence-corrected chi connectivity index (χ1v) is 8.84. The van der Waals surface area contributed by atoms with E-state index in [1.54, 1.807) is 18.5 Å². The van der Waals surface area contributed by atoms with E-state index >= 15 is 0 Å². The van der Waals surface area contributed by atoms with Crippen molar-refractivity contribution in [3.05, 3.63) is 58.6 Å². The van der Waals surface area contributed by atoms with Gasteiger partial charge in [0, 0.05) is 25.5 Å². The molecular formula is C20H22F2N4O2. The predicted octanol–water partition coefficient (Wildman–Crippen LogP) is 3.89. The number of aromatic nitrogens is 3. The zero-order chi connectivity index (χ0) is 20.6. The quantitative estimate of drug-likeness (QED) is 0.842. The normalized spacial score (nSPS) is 14.9. The SMILES string of the molecule is CC1=C(OC(C)(C)c2nnc(-c3ccc(C(N)=O)cc3F)n2C)CCC(F)=C1. The fourth-order valence-electron chi connectivity index (χ4n) is 3.24. The molecule has 1 aromatic heterocycles. The molecule has 2 aromatic rings. The lowest BCUT2D eigenvalue weighted by atomic mass is 10.0. The Bertz CT molecular complexity index is 1010. The van der Waals surface area contributed by atoms with Gasteiger partial charge >= 0.3 is 0 Å². The van der Waals surface area contributed by atoms with Crippen LogP contribution in [0.25, 0.3) is 11.4 Å². The third kappa shape index (κ3) is 3.67. The lowest BCUT2D eigenvalue weighted by Gasteiger charge is -2.29. The number of hydrogen-bond acceptors (Lipinski definition) is 4. The molecule has 2 N–H and O–H groups in total. The Morgan fingerprint density at radius 1 is 1.25 bits per heavy atom. The van der Waals surface area contributed by atoms with E-state index < -0.39 is 17.3 Å². The number of primary amides is 1. The average molecular weight is 388 g/mol. The minimum Gasteiger partial charge on any atom is -0.484 e. The summed E-state index contributed by atoms with van der Waals surface area (Å²) in [5, 5.41) is 8.29. The second-order valence-corrected chi connectivity index (χ2v) is 7.27. The molecule has 0 aliphatic heterocycles. The summed E-state index contributed by atoms with van der Waals surface area (Å²) >= 11 is 0. The average Bonchev–Trinajstić information content (AvgIpc) is 2.99. The highest BCUT2D eigenvalue weighted by molar-refractivity contribution is 5.93. The van der Waals surface area contributed by atoms with Gasteiger partial charge in [0.2, 0.25) is 5.91 Å². The van der Waals surface area contributed by atoms with Gasteiger partial charge in [0.15, 0.2) is 17.2 Å². The van der Waals surface area contributed by atoms with E-state index in [0.29, 0.717) is 30.2 Å². The van der Waals surface area contributed by atoms with Crippen LogP contribution in [0.1, 0.15) is 49.8 Å². The van der Waals surface area contributed by atoms with Gasteiger partial charge in [-0.2, -0.15) is 0 Å². The van der Waals surface area contributed by atoms with Gasteiger partial charge in [-0.3, -0.25) is 4.79 Å². The summed E-state index contributed by atoms with van der Waals surface area (Å²) < 4.78 is 35.7. The van der Waals surface area contributed by atoms with E-state index in [1.807, 2.05) is 13.8 Å². The number of halogens is 2. The lowest BCUT2D eigenvalue weighted by Crippen LogP contribution is -2.26. The molecule has 0 spiro atoms. The Morgan fingerprint density at radius 2 is 1.96 bits per heavy atom. The number of carbonyl (C=O) groups is 1. The van der Waals surface area contributed by atoms with E-state index in [4.69, 9.17) is 10.5 Å². The maximum absolute atomic E-state index is 14.5. The number of carbonyl (C=O) groups excluding carboxylic acids is 1. The van der Waals surface area contributed by atoms with Gasteiger partial charge in [0.25, 0.3) is 0 Å². The minimum atomic E-state index is -0.873. The number of rotatable bonds is 5. The third-order valence-electron chi connectivity index (χ3n) is 4.69. The summed E-state index contributed by atoms with van der Waals surface area (Å²) in [4.78, 5) is 11.2. The molecule has 0 unspecified atom stereocenters. The maximum Gasteiger partial charge on any atom is 0.248 e. The third-order valence-corrected chi connectivity index (χ3v) is 4.69. The van der Waals surface area contributed by atoms with Crippen molar-refractivity contribution < 1.29 is 18.3 Å². The van der Waals surface area contributed by atoms with Crippen molar-refractivity contribution in [1.82, 2.24) is 14.8 Å². The van der Waals surface area contributed by atoms with Crippen LogP contribution in [0.4, 0.5) is 8.78 Å². The molecule has 0 bridgehead atoms. The molecule has 8 heteroatoms. The largest absolute Gasteiger partial charge is 0.484 e. The summed E-state index contributed by atoms with van der Waals surface area (Å²) in [7, 11) is 1.71. The van der Waals surface area contributed by atoms with Crippen LogP contribution < -0.4 is 5.73 Å². The first kappa shape index (κ1) is 19.7. The second-order valence-electron chi connectivity index (χ2n) is 7.27. The van der Waals surface area contributed by atoms with Crippen molar-refractivity contribution >= 4 is 5.91 Å². The van der Waals surface area contributed by atoms with E-state index in [-0.39, 0.29) is 17.0 Å². The van der Waals surface area contributed by atoms with Crippen LogP contribution in [0.3, 0.4) is 0 Å². The van der Waals surface area contributed by atoms with Gasteiger partial charge in [0.05, 0.1) is 5.56 Å². The fourth-order valence-corrected chi connectivity index (χ4v) is 3.24. The van der Waals surface area contributed by atoms with Crippen molar-refractivity contribution in [3.63, 3.8) is 0 Å². The Hall–Kier alpha value is -3.03.